The number of hydrogen-bond acceptors (Lipinski definition) is 5. The van der Waals surface area contributed by atoms with Gasteiger partial charge in [-0.2, -0.15) is 0 Å². The van der Waals surface area contributed by atoms with E-state index in [4.69, 9.17) is 4.74 Å². The number of amides is 1. The average molecular weight is 413 g/mol. The predicted molar refractivity (Wildman–Crippen MR) is 112 cm³/mol. The van der Waals surface area contributed by atoms with Gasteiger partial charge in [-0.1, -0.05) is 0 Å². The van der Waals surface area contributed by atoms with Crippen LogP contribution >= 0.6 is 0 Å². The van der Waals surface area contributed by atoms with Crippen LogP contribution in [0, 0.1) is 0 Å². The smallest absolute Gasteiger partial charge is 0.237 e. The van der Waals surface area contributed by atoms with Crippen LogP contribution in [-0.2, 0) is 20.0 Å². The van der Waals surface area contributed by atoms with Crippen molar-refractivity contribution in [3.63, 3.8) is 0 Å². The van der Waals surface area contributed by atoms with Gasteiger partial charge in [-0.25, -0.2) is 13.4 Å². The number of methoxy groups -OCH3 is 1. The van der Waals surface area contributed by atoms with E-state index < -0.39 is 15.3 Å². The quantitative estimate of drug-likeness (QED) is 0.709. The highest BCUT2D eigenvalue weighted by atomic mass is 32.2. The molecule has 152 valence electrons. The van der Waals surface area contributed by atoms with Gasteiger partial charge < -0.3 is 14.6 Å². The summed E-state index contributed by atoms with van der Waals surface area (Å²) in [4.78, 5) is 22.7. The number of H-pyrrole nitrogens is 1. The first-order chi connectivity index (χ1) is 13.6. The van der Waals surface area contributed by atoms with Crippen LogP contribution < -0.4 is 9.64 Å². The Morgan fingerprint density at radius 1 is 1.21 bits per heavy atom. The second-order valence-electron chi connectivity index (χ2n) is 7.78. The summed E-state index contributed by atoms with van der Waals surface area (Å²) in [6.45, 7) is 6.41. The molecule has 1 amide bonds. The largest absolute Gasteiger partial charge is 0.496 e. The van der Waals surface area contributed by atoms with Gasteiger partial charge in [-0.05, 0) is 56.7 Å². The van der Waals surface area contributed by atoms with Crippen LogP contribution in [0.4, 0.5) is 5.69 Å². The van der Waals surface area contributed by atoms with Crippen molar-refractivity contribution < 1.29 is 17.9 Å². The molecule has 4 rings (SSSR count). The molecule has 0 unspecified atom stereocenters. The molecule has 0 fully saturated rings. The second kappa shape index (κ2) is 6.32. The summed E-state index contributed by atoms with van der Waals surface area (Å²) >= 11 is 0. The maximum Gasteiger partial charge on any atom is 0.237 e. The van der Waals surface area contributed by atoms with Crippen molar-refractivity contribution in [1.82, 2.24) is 9.97 Å². The highest BCUT2D eigenvalue weighted by molar-refractivity contribution is 7.90. The Kier molecular flexibility index (Phi) is 4.24. The first-order valence-electron chi connectivity index (χ1n) is 9.32. The van der Waals surface area contributed by atoms with E-state index in [1.54, 1.807) is 17.0 Å². The molecule has 0 saturated carbocycles. The van der Waals surface area contributed by atoms with E-state index in [0.717, 1.165) is 28.5 Å². The number of sulfone groups is 1. The standard InChI is InChI=1S/C21H23N3O4S/c1-6-24-17-11-16-15(10-14(17)21(2,3)20(24)25)22-19(23-16)13-8-7-12(29(5,26)27)9-18(13)28-4/h7-11H,6H2,1-5H3,(H,22,23). The lowest BCUT2D eigenvalue weighted by Gasteiger charge is -2.18. The lowest BCUT2D eigenvalue weighted by molar-refractivity contribution is -0.122. The van der Waals surface area contributed by atoms with Gasteiger partial charge >= 0.3 is 0 Å². The van der Waals surface area contributed by atoms with Crippen LogP contribution in [0.25, 0.3) is 22.4 Å². The lowest BCUT2D eigenvalue weighted by atomic mass is 9.86. The number of aromatic amines is 1. The molecular formula is C21H23N3O4S. The van der Waals surface area contributed by atoms with Crippen LogP contribution in [0.1, 0.15) is 26.3 Å². The van der Waals surface area contributed by atoms with Gasteiger partial charge in [0, 0.05) is 12.8 Å². The molecule has 7 nitrogen and oxygen atoms in total. The fourth-order valence-corrected chi connectivity index (χ4v) is 4.51. The zero-order valence-corrected chi connectivity index (χ0v) is 17.8. The lowest BCUT2D eigenvalue weighted by Crippen LogP contribution is -2.35. The van der Waals surface area contributed by atoms with Crippen LogP contribution in [-0.4, -0.2) is 44.2 Å². The zero-order valence-electron chi connectivity index (χ0n) is 17.0. The molecule has 3 aromatic rings. The number of rotatable bonds is 4. The monoisotopic (exact) mass is 413 g/mol. The summed E-state index contributed by atoms with van der Waals surface area (Å²) in [5, 5.41) is 0. The number of hydrogen-bond donors (Lipinski definition) is 1. The minimum Gasteiger partial charge on any atom is -0.496 e. The highest BCUT2D eigenvalue weighted by Crippen LogP contribution is 2.43. The fourth-order valence-electron chi connectivity index (χ4n) is 3.87. The molecular weight excluding hydrogens is 390 g/mol. The Hall–Kier alpha value is -2.87. The summed E-state index contributed by atoms with van der Waals surface area (Å²) in [6, 6.07) is 8.63. The van der Waals surface area contributed by atoms with Crippen molar-refractivity contribution in [2.24, 2.45) is 0 Å². The zero-order chi connectivity index (χ0) is 21.1. The minimum atomic E-state index is -3.34. The van der Waals surface area contributed by atoms with Crippen molar-refractivity contribution >= 4 is 32.5 Å². The Balaban J connectivity index is 1.88. The SMILES string of the molecule is CCN1C(=O)C(C)(C)c2cc3[nH]c(-c4ccc(S(C)(=O)=O)cc4OC)nc3cc21. The van der Waals surface area contributed by atoms with Gasteiger partial charge in [0.25, 0.3) is 0 Å². The number of likely N-dealkylation sites (N-methyl/N-ethyl adjacent to an activating group) is 1. The van der Waals surface area contributed by atoms with Gasteiger partial charge in [-0.3, -0.25) is 4.79 Å². The summed E-state index contributed by atoms with van der Waals surface area (Å²) in [7, 11) is -1.85. The molecule has 1 N–H and O–H groups in total. The Bertz CT molecular complexity index is 1260. The third-order valence-electron chi connectivity index (χ3n) is 5.52. The molecule has 1 aliphatic rings. The summed E-state index contributed by atoms with van der Waals surface area (Å²) in [5.41, 5.74) is 3.46. The number of imidazole rings is 1. The Morgan fingerprint density at radius 2 is 1.93 bits per heavy atom. The van der Waals surface area contributed by atoms with Gasteiger partial charge in [0.2, 0.25) is 5.91 Å². The topological polar surface area (TPSA) is 92.4 Å². The van der Waals surface area contributed by atoms with Gasteiger partial charge in [0.1, 0.15) is 11.6 Å². The number of ether oxygens (including phenoxy) is 1. The molecule has 1 aliphatic heterocycles. The Morgan fingerprint density at radius 3 is 2.55 bits per heavy atom. The van der Waals surface area contributed by atoms with E-state index >= 15 is 0 Å². The van der Waals surface area contributed by atoms with E-state index in [1.807, 2.05) is 32.9 Å². The second-order valence-corrected chi connectivity index (χ2v) is 9.80. The van der Waals surface area contributed by atoms with E-state index in [1.165, 1.54) is 13.2 Å². The van der Waals surface area contributed by atoms with Crippen molar-refractivity contribution in [2.45, 2.75) is 31.1 Å². The van der Waals surface area contributed by atoms with Crippen molar-refractivity contribution in [2.75, 3.05) is 24.8 Å². The van der Waals surface area contributed by atoms with Crippen molar-refractivity contribution in [1.29, 1.82) is 0 Å². The molecule has 2 aromatic carbocycles. The summed E-state index contributed by atoms with van der Waals surface area (Å²) in [5.74, 6) is 1.08. The number of nitrogens with one attached hydrogen (secondary N) is 1. The van der Waals surface area contributed by atoms with E-state index in [2.05, 4.69) is 9.97 Å². The van der Waals surface area contributed by atoms with Crippen LogP contribution in [0.5, 0.6) is 5.75 Å². The molecule has 2 heterocycles. The number of nitrogens with zero attached hydrogens (tertiary/aromatic N) is 2. The number of anilines is 1. The van der Waals surface area contributed by atoms with Gasteiger partial charge in [0.05, 0.1) is 39.7 Å². The summed E-state index contributed by atoms with van der Waals surface area (Å²) < 4.78 is 29.1. The van der Waals surface area contributed by atoms with Gasteiger partial charge in [-0.15, -0.1) is 0 Å². The van der Waals surface area contributed by atoms with E-state index in [0.29, 0.717) is 23.7 Å². The van der Waals surface area contributed by atoms with Crippen LogP contribution in [0.3, 0.4) is 0 Å². The van der Waals surface area contributed by atoms with Crippen LogP contribution in [0.15, 0.2) is 35.2 Å². The van der Waals surface area contributed by atoms with E-state index in [9.17, 15) is 13.2 Å². The normalized spacial score (nSPS) is 15.8. The maximum atomic E-state index is 12.7. The molecule has 8 heteroatoms. The number of aromatic nitrogens is 2. The average Bonchev–Trinajstić information content (AvgIpc) is 3.16. The van der Waals surface area contributed by atoms with Crippen LogP contribution in [0.2, 0.25) is 0 Å². The third-order valence-corrected chi connectivity index (χ3v) is 6.63. The van der Waals surface area contributed by atoms with Gasteiger partial charge in [0.15, 0.2) is 9.84 Å². The minimum absolute atomic E-state index is 0.0842. The molecule has 0 radical (unpaired) electrons. The number of benzene rings is 2. The molecule has 0 saturated heterocycles. The number of fused-ring (bicyclic) bond motifs is 2. The molecule has 1 aromatic heterocycles. The molecule has 29 heavy (non-hydrogen) atoms. The number of carbonyl (C=O) groups excluding carboxylic acids is 1. The maximum absolute atomic E-state index is 12.7. The Labute approximate surface area is 169 Å². The number of carbonyl (C=O) groups is 1. The summed E-state index contributed by atoms with van der Waals surface area (Å²) in [6.07, 6.45) is 1.16. The molecule has 0 spiro atoms. The van der Waals surface area contributed by atoms with E-state index in [-0.39, 0.29) is 10.8 Å². The molecule has 0 aliphatic carbocycles. The van der Waals surface area contributed by atoms with Crippen molar-refractivity contribution in [3.8, 4) is 17.1 Å². The molecule has 0 bridgehead atoms. The van der Waals surface area contributed by atoms with Crippen molar-refractivity contribution in [3.05, 3.63) is 35.9 Å². The first-order valence-corrected chi connectivity index (χ1v) is 11.2. The third kappa shape index (κ3) is 2.90. The fraction of sp³-hybridized carbons (Fsp3) is 0.333. The molecule has 0 atom stereocenters. The highest BCUT2D eigenvalue weighted by Gasteiger charge is 2.43. The predicted octanol–water partition coefficient (Wildman–Crippen LogP) is 3.29. The first kappa shape index (κ1) is 19.4.